The van der Waals surface area contributed by atoms with Crippen LogP contribution in [0.2, 0.25) is 0 Å². The van der Waals surface area contributed by atoms with Crippen LogP contribution in [0, 0.1) is 0 Å². The zero-order valence-corrected chi connectivity index (χ0v) is 29.4. The van der Waals surface area contributed by atoms with Crippen LogP contribution in [0.1, 0.15) is 38.6 Å². The summed E-state index contributed by atoms with van der Waals surface area (Å²) in [6, 6.07) is 1.09. The first-order valence-corrected chi connectivity index (χ1v) is 19.0. The number of aromatic nitrogens is 6. The number of carbonyl (C=O) groups excluding carboxylic acids is 1. The van der Waals surface area contributed by atoms with Gasteiger partial charge in [0.2, 0.25) is 0 Å². The van der Waals surface area contributed by atoms with Crippen LogP contribution in [0.25, 0.3) is 11.2 Å². The number of hydrogen-bond donors (Lipinski definition) is 4. The van der Waals surface area contributed by atoms with Crippen molar-refractivity contribution in [2.45, 2.75) is 69.2 Å². The van der Waals surface area contributed by atoms with Gasteiger partial charge in [-0.05, 0) is 6.42 Å². The van der Waals surface area contributed by atoms with Gasteiger partial charge >= 0.3 is 18.6 Å². The highest BCUT2D eigenvalue weighted by Gasteiger charge is 2.51. The quantitative estimate of drug-likeness (QED) is 0.0600. The number of nitrogens with one attached hydrogen (secondary N) is 1. The molecule has 5 N–H and O–H groups in total. The highest BCUT2D eigenvalue weighted by molar-refractivity contribution is 8.55. The summed E-state index contributed by atoms with van der Waals surface area (Å²) in [7, 11) is 1.28. The van der Waals surface area contributed by atoms with Crippen molar-refractivity contribution in [1.29, 1.82) is 0 Å². The molecule has 3 unspecified atom stereocenters. The van der Waals surface area contributed by atoms with Crippen LogP contribution in [0.15, 0.2) is 34.5 Å². The standard InChI is InChI=1S/C28H40N7O14PS/c1-3-4-7-43-8-9-44-28(40)45-15-51-50(41,49-22-17(11-36)48-26(23(22)42-2)34-6-5-19(38)33-27(34)39)46-12-18-16(37)10-20(47-18)35-14-32-21-24(29)30-13-31-25(21)35/h5-6,13-14,16-18,20,22-23,26,36-37H,3-4,7-12,15H2,1-2H3,(H2,29,30,31)(H,33,38,39)/t16?,17-,18-,20-,22?,23+,26-,50?/m1/s1. The summed E-state index contributed by atoms with van der Waals surface area (Å²) in [6.45, 7) is -2.92. The number of rotatable bonds is 18. The number of nitrogens with zero attached hydrogens (tertiary/aromatic N) is 5. The first kappa shape index (κ1) is 38.8. The van der Waals surface area contributed by atoms with E-state index >= 15 is 0 Å². The topological polar surface area (TPSA) is 273 Å². The van der Waals surface area contributed by atoms with Crippen molar-refractivity contribution in [2.75, 3.05) is 51.8 Å². The summed E-state index contributed by atoms with van der Waals surface area (Å²) >= 11 is 0.468. The maximum atomic E-state index is 14.3. The lowest BCUT2D eigenvalue weighted by Gasteiger charge is -2.27. The average molecular weight is 762 g/mol. The molecule has 0 saturated carbocycles. The second kappa shape index (κ2) is 17.9. The number of aromatic amines is 1. The number of aliphatic hydroxyl groups excluding tert-OH is 2. The fourth-order valence-corrected chi connectivity index (χ4v) is 8.12. The largest absolute Gasteiger partial charge is 0.509 e. The lowest BCUT2D eigenvalue weighted by Crippen LogP contribution is -2.39. The monoisotopic (exact) mass is 761 g/mol. The molecule has 51 heavy (non-hydrogen) atoms. The van der Waals surface area contributed by atoms with E-state index in [0.29, 0.717) is 29.2 Å². The molecule has 3 aromatic rings. The Balaban J connectivity index is 1.29. The molecule has 23 heteroatoms. The third-order valence-electron chi connectivity index (χ3n) is 7.89. The Morgan fingerprint density at radius 2 is 1.96 bits per heavy atom. The van der Waals surface area contributed by atoms with Gasteiger partial charge in [-0.2, -0.15) is 0 Å². The minimum atomic E-state index is -4.42. The maximum Gasteiger partial charge on any atom is 0.509 e. The van der Waals surface area contributed by atoms with Gasteiger partial charge in [0.15, 0.2) is 23.6 Å². The molecular formula is C28H40N7O14PS. The second-order valence-electron chi connectivity index (χ2n) is 11.2. The summed E-state index contributed by atoms with van der Waals surface area (Å²) in [5, 5.41) is 21.0. The molecule has 8 atom stereocenters. The molecule has 5 rings (SSSR count). The molecule has 2 aliphatic heterocycles. The number of H-pyrrole nitrogens is 1. The van der Waals surface area contributed by atoms with E-state index < -0.39 is 86.3 Å². The Bertz CT molecular complexity index is 1780. The number of nitrogens with two attached hydrogens (primary N) is 1. The van der Waals surface area contributed by atoms with Crippen molar-refractivity contribution in [3.63, 3.8) is 0 Å². The fraction of sp³-hybridized carbons (Fsp3) is 0.643. The molecular weight excluding hydrogens is 721 g/mol. The Hall–Kier alpha value is -3.44. The summed E-state index contributed by atoms with van der Waals surface area (Å²) in [5.74, 6) is -0.401. The Morgan fingerprint density at radius 3 is 2.71 bits per heavy atom. The van der Waals surface area contributed by atoms with E-state index in [9.17, 15) is 29.2 Å². The predicted octanol–water partition coefficient (Wildman–Crippen LogP) is 0.682. The number of aliphatic hydroxyl groups is 2. The van der Waals surface area contributed by atoms with Gasteiger partial charge in [-0.3, -0.25) is 28.0 Å². The summed E-state index contributed by atoms with van der Waals surface area (Å²) in [4.78, 5) is 50.8. The van der Waals surface area contributed by atoms with Crippen LogP contribution < -0.4 is 17.0 Å². The third-order valence-corrected chi connectivity index (χ3v) is 11.2. The molecule has 5 heterocycles. The van der Waals surface area contributed by atoms with Crippen molar-refractivity contribution >= 4 is 41.3 Å². The molecule has 21 nitrogen and oxygen atoms in total. The smallest absolute Gasteiger partial charge is 0.432 e. The summed E-state index contributed by atoms with van der Waals surface area (Å²) in [5.41, 5.74) is 5.14. The third kappa shape index (κ3) is 9.52. The lowest BCUT2D eigenvalue weighted by molar-refractivity contribution is -0.0625. The Morgan fingerprint density at radius 1 is 1.14 bits per heavy atom. The van der Waals surface area contributed by atoms with Gasteiger partial charge in [0.1, 0.15) is 49.1 Å². The van der Waals surface area contributed by atoms with Gasteiger partial charge in [-0.15, -0.1) is 0 Å². The number of methoxy groups -OCH3 is 1. The van der Waals surface area contributed by atoms with E-state index in [1.54, 1.807) is 4.57 Å². The zero-order chi connectivity index (χ0) is 36.5. The number of fused-ring (bicyclic) bond motifs is 1. The average Bonchev–Trinajstić information content (AvgIpc) is 3.80. The molecule has 3 aromatic heterocycles. The van der Waals surface area contributed by atoms with Gasteiger partial charge < -0.3 is 44.4 Å². The van der Waals surface area contributed by atoms with Crippen LogP contribution in [-0.2, 0) is 42.0 Å². The van der Waals surface area contributed by atoms with Crippen LogP contribution in [0.5, 0.6) is 0 Å². The summed E-state index contributed by atoms with van der Waals surface area (Å²) < 4.78 is 61.5. The number of carbonyl (C=O) groups is 1. The van der Waals surface area contributed by atoms with Crippen molar-refractivity contribution in [1.82, 2.24) is 29.1 Å². The number of hydrogen-bond acceptors (Lipinski definition) is 19. The molecule has 2 aliphatic rings. The van der Waals surface area contributed by atoms with Crippen molar-refractivity contribution in [3.8, 4) is 0 Å². The number of imidazole rings is 1. The van der Waals surface area contributed by atoms with E-state index in [1.165, 1.54) is 26.0 Å². The zero-order valence-electron chi connectivity index (χ0n) is 27.7. The number of nitrogen functional groups attached to an aromatic ring is 1. The first-order valence-electron chi connectivity index (χ1n) is 15.9. The van der Waals surface area contributed by atoms with Crippen LogP contribution in [0.4, 0.5) is 10.6 Å². The highest BCUT2D eigenvalue weighted by Crippen LogP contribution is 2.63. The van der Waals surface area contributed by atoms with Gasteiger partial charge in [0.05, 0.1) is 32.3 Å². The molecule has 0 bridgehead atoms. The molecule has 0 aliphatic carbocycles. The Kier molecular flexibility index (Phi) is 13.6. The van der Waals surface area contributed by atoms with E-state index in [1.807, 2.05) is 6.92 Å². The second-order valence-corrected chi connectivity index (χ2v) is 15.2. The van der Waals surface area contributed by atoms with E-state index in [0.717, 1.165) is 23.5 Å². The molecule has 2 saturated heterocycles. The molecule has 0 aromatic carbocycles. The highest BCUT2D eigenvalue weighted by atomic mass is 32.7. The predicted molar refractivity (Wildman–Crippen MR) is 176 cm³/mol. The van der Waals surface area contributed by atoms with Crippen molar-refractivity contribution < 1.29 is 57.0 Å². The Labute approximate surface area is 293 Å². The molecule has 282 valence electrons. The van der Waals surface area contributed by atoms with Gasteiger partial charge in [0.25, 0.3) is 5.56 Å². The fourth-order valence-electron chi connectivity index (χ4n) is 5.33. The molecule has 0 spiro atoms. The normalized spacial score (nSPS) is 26.0. The number of ether oxygens (including phenoxy) is 6. The number of unbranched alkanes of at least 4 members (excludes halogenated alkanes) is 1. The van der Waals surface area contributed by atoms with Crippen molar-refractivity contribution in [2.24, 2.45) is 0 Å². The molecule has 0 amide bonds. The lowest BCUT2D eigenvalue weighted by atomic mass is 10.1. The van der Waals surface area contributed by atoms with Crippen LogP contribution in [0.3, 0.4) is 0 Å². The van der Waals surface area contributed by atoms with Gasteiger partial charge in [-0.1, -0.05) is 13.3 Å². The van der Waals surface area contributed by atoms with Crippen LogP contribution >= 0.6 is 18.2 Å². The minimum Gasteiger partial charge on any atom is -0.432 e. The van der Waals surface area contributed by atoms with Gasteiger partial charge in [0, 0.05) is 43.8 Å². The molecule has 0 radical (unpaired) electrons. The van der Waals surface area contributed by atoms with Gasteiger partial charge in [-0.25, -0.2) is 29.1 Å². The summed E-state index contributed by atoms with van der Waals surface area (Å²) in [6.07, 6.45) is -3.06. The minimum absolute atomic E-state index is 0.0700. The number of anilines is 1. The van der Waals surface area contributed by atoms with E-state index in [4.69, 9.17) is 43.2 Å². The van der Waals surface area contributed by atoms with Crippen molar-refractivity contribution in [3.05, 3.63) is 45.8 Å². The SMILES string of the molecule is CCCCOCCOC(=O)OCSP(=O)(OC[C@H]1O[C@@H](n2cnc3c(N)ncnc32)CC1O)OC1[C@@H](CO)O[C@@H](n2ccc(=O)[nH]c2=O)[C@H]1OC. The van der Waals surface area contributed by atoms with E-state index in [-0.39, 0.29) is 25.5 Å². The maximum absolute atomic E-state index is 14.3. The van der Waals surface area contributed by atoms with Crippen LogP contribution in [-0.4, -0.2) is 122 Å². The molecule has 2 fully saturated rings. The van der Waals surface area contributed by atoms with E-state index in [2.05, 4.69) is 19.9 Å². The first-order chi connectivity index (χ1) is 24.6.